The van der Waals surface area contributed by atoms with Crippen molar-refractivity contribution in [2.45, 2.75) is 6.42 Å². The SMILES string of the molecule is NOCCc1c(Br)cc2c(c1F)OCCO2. The van der Waals surface area contributed by atoms with Crippen molar-refractivity contribution in [3.05, 3.63) is 21.9 Å². The number of rotatable bonds is 3. The summed E-state index contributed by atoms with van der Waals surface area (Å²) in [6, 6.07) is 1.70. The second-order valence-electron chi connectivity index (χ2n) is 3.30. The van der Waals surface area contributed by atoms with Crippen molar-refractivity contribution in [1.82, 2.24) is 0 Å². The molecule has 88 valence electrons. The van der Waals surface area contributed by atoms with Crippen molar-refractivity contribution in [3.63, 3.8) is 0 Å². The van der Waals surface area contributed by atoms with Gasteiger partial charge in [0.15, 0.2) is 17.3 Å². The largest absolute Gasteiger partial charge is 0.486 e. The van der Waals surface area contributed by atoms with E-state index in [1.54, 1.807) is 6.07 Å². The minimum atomic E-state index is -0.416. The molecule has 0 aliphatic carbocycles. The van der Waals surface area contributed by atoms with Gasteiger partial charge < -0.3 is 14.3 Å². The molecular formula is C10H11BrFNO3. The van der Waals surface area contributed by atoms with E-state index in [1.807, 2.05) is 0 Å². The normalized spacial score (nSPS) is 13.9. The van der Waals surface area contributed by atoms with Crippen molar-refractivity contribution in [2.24, 2.45) is 5.90 Å². The molecule has 0 radical (unpaired) electrons. The number of benzene rings is 1. The molecule has 6 heteroatoms. The maximum Gasteiger partial charge on any atom is 0.197 e. The maximum absolute atomic E-state index is 14.0. The molecule has 0 atom stereocenters. The molecule has 2 N–H and O–H groups in total. The van der Waals surface area contributed by atoms with Gasteiger partial charge in [0.25, 0.3) is 0 Å². The van der Waals surface area contributed by atoms with E-state index in [-0.39, 0.29) is 12.4 Å². The Morgan fingerprint density at radius 2 is 2.19 bits per heavy atom. The molecule has 0 bridgehead atoms. The first-order valence-electron chi connectivity index (χ1n) is 4.82. The van der Waals surface area contributed by atoms with E-state index in [4.69, 9.17) is 15.4 Å². The average Bonchev–Trinajstić information content (AvgIpc) is 2.29. The molecule has 1 heterocycles. The van der Waals surface area contributed by atoms with Crippen LogP contribution >= 0.6 is 15.9 Å². The summed E-state index contributed by atoms with van der Waals surface area (Å²) in [5, 5.41) is 0. The van der Waals surface area contributed by atoms with E-state index < -0.39 is 5.82 Å². The fourth-order valence-electron chi connectivity index (χ4n) is 1.55. The van der Waals surface area contributed by atoms with E-state index in [0.29, 0.717) is 35.4 Å². The van der Waals surface area contributed by atoms with Crippen molar-refractivity contribution in [3.8, 4) is 11.5 Å². The first kappa shape index (κ1) is 11.6. The van der Waals surface area contributed by atoms with Crippen LogP contribution in [0.25, 0.3) is 0 Å². The topological polar surface area (TPSA) is 53.7 Å². The molecule has 0 unspecified atom stereocenters. The summed E-state index contributed by atoms with van der Waals surface area (Å²) in [4.78, 5) is 4.44. The Morgan fingerprint density at radius 1 is 1.44 bits per heavy atom. The van der Waals surface area contributed by atoms with Crippen LogP contribution in [0.1, 0.15) is 5.56 Å². The Labute approximate surface area is 101 Å². The molecule has 0 saturated carbocycles. The standard InChI is InChI=1S/C10H11BrFNO3/c11-7-5-8-10(15-4-3-14-8)9(12)6(7)1-2-16-13/h5H,1-4,13H2. The lowest BCUT2D eigenvalue weighted by atomic mass is 10.1. The van der Waals surface area contributed by atoms with Gasteiger partial charge in [0.2, 0.25) is 0 Å². The van der Waals surface area contributed by atoms with Crippen molar-refractivity contribution in [1.29, 1.82) is 0 Å². The van der Waals surface area contributed by atoms with E-state index >= 15 is 0 Å². The number of hydrogen-bond donors (Lipinski definition) is 1. The van der Waals surface area contributed by atoms with Gasteiger partial charge in [-0.3, -0.25) is 0 Å². The predicted molar refractivity (Wildman–Crippen MR) is 58.9 cm³/mol. The molecule has 0 spiro atoms. The Kier molecular flexibility index (Phi) is 3.63. The molecule has 0 saturated heterocycles. The van der Waals surface area contributed by atoms with Gasteiger partial charge in [0, 0.05) is 16.5 Å². The van der Waals surface area contributed by atoms with Gasteiger partial charge in [-0.15, -0.1) is 0 Å². The minimum Gasteiger partial charge on any atom is -0.486 e. The van der Waals surface area contributed by atoms with Gasteiger partial charge in [-0.25, -0.2) is 10.3 Å². The number of hydrogen-bond acceptors (Lipinski definition) is 4. The highest BCUT2D eigenvalue weighted by Gasteiger charge is 2.22. The number of halogens is 2. The minimum absolute atomic E-state index is 0.168. The van der Waals surface area contributed by atoms with Crippen molar-refractivity contribution < 1.29 is 18.7 Å². The molecule has 1 aliphatic heterocycles. The molecule has 0 fully saturated rings. The summed E-state index contributed by atoms with van der Waals surface area (Å²) in [5.74, 6) is 5.10. The van der Waals surface area contributed by atoms with Gasteiger partial charge in [0.1, 0.15) is 13.2 Å². The second kappa shape index (κ2) is 4.99. The van der Waals surface area contributed by atoms with Gasteiger partial charge >= 0.3 is 0 Å². The Balaban J connectivity index is 2.37. The monoisotopic (exact) mass is 291 g/mol. The molecule has 1 aromatic carbocycles. The highest BCUT2D eigenvalue weighted by atomic mass is 79.9. The maximum atomic E-state index is 14.0. The lowest BCUT2D eigenvalue weighted by Crippen LogP contribution is -2.17. The zero-order valence-corrected chi connectivity index (χ0v) is 10.0. The third-order valence-corrected chi connectivity index (χ3v) is 3.00. The van der Waals surface area contributed by atoms with E-state index in [9.17, 15) is 4.39 Å². The first-order valence-corrected chi connectivity index (χ1v) is 5.61. The van der Waals surface area contributed by atoms with Crippen molar-refractivity contribution >= 4 is 15.9 Å². The summed E-state index contributed by atoms with van der Waals surface area (Å²) in [7, 11) is 0. The lowest BCUT2D eigenvalue weighted by Gasteiger charge is -2.20. The highest BCUT2D eigenvalue weighted by molar-refractivity contribution is 9.10. The number of ether oxygens (including phenoxy) is 2. The average molecular weight is 292 g/mol. The highest BCUT2D eigenvalue weighted by Crippen LogP contribution is 2.39. The fourth-order valence-corrected chi connectivity index (χ4v) is 2.13. The Hall–Kier alpha value is -0.850. The van der Waals surface area contributed by atoms with Crippen LogP contribution in [0.5, 0.6) is 11.5 Å². The molecule has 2 rings (SSSR count). The number of fused-ring (bicyclic) bond motifs is 1. The lowest BCUT2D eigenvalue weighted by molar-refractivity contribution is 0.139. The van der Waals surface area contributed by atoms with Gasteiger partial charge in [-0.2, -0.15) is 0 Å². The first-order chi connectivity index (χ1) is 7.74. The molecule has 1 aromatic rings. The zero-order valence-electron chi connectivity index (χ0n) is 8.46. The van der Waals surface area contributed by atoms with Crippen LogP contribution in [0.4, 0.5) is 4.39 Å². The van der Waals surface area contributed by atoms with E-state index in [2.05, 4.69) is 20.8 Å². The van der Waals surface area contributed by atoms with E-state index in [0.717, 1.165) is 0 Å². The quantitative estimate of drug-likeness (QED) is 0.863. The molecule has 0 aromatic heterocycles. The third kappa shape index (κ3) is 2.14. The molecule has 1 aliphatic rings. The van der Waals surface area contributed by atoms with E-state index in [1.165, 1.54) is 0 Å². The van der Waals surface area contributed by atoms with Gasteiger partial charge in [-0.05, 0) is 6.07 Å². The van der Waals surface area contributed by atoms with Crippen LogP contribution in [0.2, 0.25) is 0 Å². The zero-order chi connectivity index (χ0) is 11.5. The summed E-state index contributed by atoms with van der Waals surface area (Å²) in [5.41, 5.74) is 0.481. The van der Waals surface area contributed by atoms with Crippen LogP contribution in [0.3, 0.4) is 0 Å². The van der Waals surface area contributed by atoms with Crippen LogP contribution in [-0.2, 0) is 11.3 Å². The van der Waals surface area contributed by atoms with Crippen LogP contribution in [-0.4, -0.2) is 19.8 Å². The number of nitrogens with two attached hydrogens (primary N) is 1. The Morgan fingerprint density at radius 3 is 2.94 bits per heavy atom. The fraction of sp³-hybridized carbons (Fsp3) is 0.400. The Bertz CT molecular complexity index is 400. The van der Waals surface area contributed by atoms with Gasteiger partial charge in [-0.1, -0.05) is 15.9 Å². The smallest absolute Gasteiger partial charge is 0.197 e. The molecule has 16 heavy (non-hydrogen) atoms. The van der Waals surface area contributed by atoms with Crippen molar-refractivity contribution in [2.75, 3.05) is 19.8 Å². The summed E-state index contributed by atoms with van der Waals surface area (Å²) >= 11 is 3.28. The second-order valence-corrected chi connectivity index (χ2v) is 4.15. The van der Waals surface area contributed by atoms with Crippen LogP contribution in [0, 0.1) is 5.82 Å². The van der Waals surface area contributed by atoms with Gasteiger partial charge in [0.05, 0.1) is 6.61 Å². The summed E-state index contributed by atoms with van der Waals surface area (Å²) in [6.07, 6.45) is 0.375. The third-order valence-electron chi connectivity index (χ3n) is 2.29. The van der Waals surface area contributed by atoms with Crippen LogP contribution in [0.15, 0.2) is 10.5 Å². The summed E-state index contributed by atoms with van der Waals surface area (Å²) in [6.45, 7) is 1.04. The molecular weight excluding hydrogens is 281 g/mol. The summed E-state index contributed by atoms with van der Waals surface area (Å²) < 4.78 is 25.2. The molecule has 0 amide bonds. The molecule has 4 nitrogen and oxygen atoms in total. The van der Waals surface area contributed by atoms with Crippen LogP contribution < -0.4 is 15.4 Å². The predicted octanol–water partition coefficient (Wildman–Crippen LogP) is 1.79.